The number of thiophene rings is 1. The lowest BCUT2D eigenvalue weighted by molar-refractivity contribution is 0.102. The SMILES string of the molecule is COc1cc(OC)c(NC(=O)c2cccnc2-c2cccs2)cc1Cl. The molecule has 3 aromatic rings. The molecule has 2 aromatic heterocycles. The number of rotatable bonds is 5. The Morgan fingerprint density at radius 2 is 1.96 bits per heavy atom. The zero-order valence-corrected chi connectivity index (χ0v) is 15.1. The van der Waals surface area contributed by atoms with Gasteiger partial charge in [-0.1, -0.05) is 17.7 Å². The Morgan fingerprint density at radius 3 is 2.64 bits per heavy atom. The van der Waals surface area contributed by atoms with E-state index in [0.29, 0.717) is 33.5 Å². The maximum absolute atomic E-state index is 12.8. The largest absolute Gasteiger partial charge is 0.495 e. The molecule has 0 unspecified atom stereocenters. The van der Waals surface area contributed by atoms with Gasteiger partial charge in [0.2, 0.25) is 0 Å². The van der Waals surface area contributed by atoms with Gasteiger partial charge in [0, 0.05) is 12.3 Å². The van der Waals surface area contributed by atoms with E-state index in [1.54, 1.807) is 30.5 Å². The van der Waals surface area contributed by atoms with Crippen molar-refractivity contribution in [3.05, 3.63) is 58.6 Å². The summed E-state index contributed by atoms with van der Waals surface area (Å²) in [4.78, 5) is 18.1. The van der Waals surface area contributed by atoms with Crippen molar-refractivity contribution >= 4 is 34.5 Å². The standard InChI is InChI=1S/C18H15ClN2O3S/c1-23-14-10-15(24-2)13(9-12(14)19)21-18(22)11-5-3-7-20-17(11)16-6-4-8-25-16/h3-10H,1-2H3,(H,21,22). The van der Waals surface area contributed by atoms with Gasteiger partial charge in [-0.3, -0.25) is 9.78 Å². The van der Waals surface area contributed by atoms with Crippen LogP contribution in [-0.4, -0.2) is 25.1 Å². The lowest BCUT2D eigenvalue weighted by Gasteiger charge is -2.14. The van der Waals surface area contributed by atoms with Crippen molar-refractivity contribution in [2.75, 3.05) is 19.5 Å². The van der Waals surface area contributed by atoms with Crippen LogP contribution in [0.1, 0.15) is 10.4 Å². The molecule has 1 aromatic carbocycles. The van der Waals surface area contributed by atoms with E-state index in [1.807, 2.05) is 17.5 Å². The summed E-state index contributed by atoms with van der Waals surface area (Å²) >= 11 is 7.68. The first-order chi connectivity index (χ1) is 12.1. The average Bonchev–Trinajstić information content (AvgIpc) is 3.16. The number of nitrogens with one attached hydrogen (secondary N) is 1. The Labute approximate surface area is 154 Å². The summed E-state index contributed by atoms with van der Waals surface area (Å²) in [5.74, 6) is 0.629. The van der Waals surface area contributed by atoms with Gasteiger partial charge in [-0.05, 0) is 29.6 Å². The van der Waals surface area contributed by atoms with E-state index >= 15 is 0 Å². The number of hydrogen-bond acceptors (Lipinski definition) is 5. The number of carbonyl (C=O) groups excluding carboxylic acids is 1. The van der Waals surface area contributed by atoms with Gasteiger partial charge in [-0.25, -0.2) is 0 Å². The number of anilines is 1. The highest BCUT2D eigenvalue weighted by atomic mass is 35.5. The molecular weight excluding hydrogens is 360 g/mol. The molecule has 0 saturated heterocycles. The van der Waals surface area contributed by atoms with E-state index in [0.717, 1.165) is 4.88 Å². The minimum atomic E-state index is -0.295. The molecular formula is C18H15ClN2O3S. The van der Waals surface area contributed by atoms with Crippen LogP contribution in [0.2, 0.25) is 5.02 Å². The summed E-state index contributed by atoms with van der Waals surface area (Å²) < 4.78 is 10.5. The molecule has 128 valence electrons. The molecule has 0 radical (unpaired) electrons. The summed E-state index contributed by atoms with van der Waals surface area (Å²) in [5.41, 5.74) is 1.56. The van der Waals surface area contributed by atoms with E-state index in [2.05, 4.69) is 10.3 Å². The predicted molar refractivity (Wildman–Crippen MR) is 100 cm³/mol. The minimum Gasteiger partial charge on any atom is -0.495 e. The Bertz CT molecular complexity index is 897. The van der Waals surface area contributed by atoms with E-state index < -0.39 is 0 Å². The van der Waals surface area contributed by atoms with Crippen LogP contribution in [0.3, 0.4) is 0 Å². The Morgan fingerprint density at radius 1 is 1.16 bits per heavy atom. The molecule has 3 rings (SSSR count). The molecule has 1 amide bonds. The maximum atomic E-state index is 12.8. The molecule has 0 fully saturated rings. The van der Waals surface area contributed by atoms with E-state index in [-0.39, 0.29) is 5.91 Å². The van der Waals surface area contributed by atoms with Crippen molar-refractivity contribution in [1.82, 2.24) is 4.98 Å². The van der Waals surface area contributed by atoms with Crippen molar-refractivity contribution in [3.63, 3.8) is 0 Å². The smallest absolute Gasteiger partial charge is 0.258 e. The topological polar surface area (TPSA) is 60.5 Å². The first kappa shape index (κ1) is 17.3. The van der Waals surface area contributed by atoms with E-state index in [4.69, 9.17) is 21.1 Å². The van der Waals surface area contributed by atoms with Gasteiger partial charge in [-0.15, -0.1) is 11.3 Å². The monoisotopic (exact) mass is 374 g/mol. The fourth-order valence-electron chi connectivity index (χ4n) is 2.35. The lowest BCUT2D eigenvalue weighted by atomic mass is 10.1. The third kappa shape index (κ3) is 3.60. The predicted octanol–water partition coefficient (Wildman–Crippen LogP) is 4.73. The number of amides is 1. The number of hydrogen-bond donors (Lipinski definition) is 1. The summed E-state index contributed by atoms with van der Waals surface area (Å²) in [6.45, 7) is 0. The third-order valence-corrected chi connectivity index (χ3v) is 4.70. The van der Waals surface area contributed by atoms with Crippen molar-refractivity contribution in [3.8, 4) is 22.1 Å². The number of ether oxygens (including phenoxy) is 2. The van der Waals surface area contributed by atoms with Gasteiger partial charge in [0.05, 0.1) is 41.1 Å². The first-order valence-corrected chi connectivity index (χ1v) is 8.61. The molecule has 0 aliphatic heterocycles. The van der Waals surface area contributed by atoms with Crippen LogP contribution >= 0.6 is 22.9 Å². The minimum absolute atomic E-state index is 0.295. The van der Waals surface area contributed by atoms with Crippen LogP contribution in [0.4, 0.5) is 5.69 Å². The lowest BCUT2D eigenvalue weighted by Crippen LogP contribution is -2.14. The van der Waals surface area contributed by atoms with Crippen LogP contribution in [0, 0.1) is 0 Å². The molecule has 0 saturated carbocycles. The number of nitrogens with zero attached hydrogens (tertiary/aromatic N) is 1. The van der Waals surface area contributed by atoms with Crippen molar-refractivity contribution in [2.45, 2.75) is 0 Å². The Hall–Kier alpha value is -2.57. The second-order valence-corrected chi connectivity index (χ2v) is 6.37. The van der Waals surface area contributed by atoms with Crippen LogP contribution in [0.25, 0.3) is 10.6 Å². The van der Waals surface area contributed by atoms with Crippen LogP contribution in [-0.2, 0) is 0 Å². The van der Waals surface area contributed by atoms with Crippen molar-refractivity contribution < 1.29 is 14.3 Å². The van der Waals surface area contributed by atoms with E-state index in [9.17, 15) is 4.79 Å². The normalized spacial score (nSPS) is 10.4. The molecule has 5 nitrogen and oxygen atoms in total. The summed E-state index contributed by atoms with van der Waals surface area (Å²) in [7, 11) is 3.03. The highest BCUT2D eigenvalue weighted by Gasteiger charge is 2.17. The summed E-state index contributed by atoms with van der Waals surface area (Å²) in [6, 6.07) is 10.5. The second kappa shape index (κ2) is 7.55. The first-order valence-electron chi connectivity index (χ1n) is 7.35. The van der Waals surface area contributed by atoms with Gasteiger partial charge >= 0.3 is 0 Å². The number of carbonyl (C=O) groups is 1. The van der Waals surface area contributed by atoms with Crippen LogP contribution in [0.15, 0.2) is 48.0 Å². The molecule has 0 aliphatic carbocycles. The zero-order valence-electron chi connectivity index (χ0n) is 13.6. The molecule has 0 spiro atoms. The van der Waals surface area contributed by atoms with Gasteiger partial charge in [0.1, 0.15) is 11.5 Å². The summed E-state index contributed by atoms with van der Waals surface area (Å²) in [5, 5.41) is 5.15. The molecule has 25 heavy (non-hydrogen) atoms. The number of benzene rings is 1. The molecule has 7 heteroatoms. The Kier molecular flexibility index (Phi) is 5.21. The quantitative estimate of drug-likeness (QED) is 0.701. The van der Waals surface area contributed by atoms with E-state index in [1.165, 1.54) is 25.6 Å². The molecule has 2 heterocycles. The fourth-order valence-corrected chi connectivity index (χ4v) is 3.32. The van der Waals surface area contributed by atoms with Gasteiger partial charge in [0.15, 0.2) is 0 Å². The van der Waals surface area contributed by atoms with Crippen LogP contribution in [0.5, 0.6) is 11.5 Å². The highest BCUT2D eigenvalue weighted by Crippen LogP contribution is 2.36. The van der Waals surface area contributed by atoms with Crippen molar-refractivity contribution in [2.24, 2.45) is 0 Å². The second-order valence-electron chi connectivity index (χ2n) is 5.02. The fraction of sp³-hybridized carbons (Fsp3) is 0.111. The third-order valence-electron chi connectivity index (χ3n) is 3.53. The molecule has 0 bridgehead atoms. The Balaban J connectivity index is 1.95. The maximum Gasteiger partial charge on any atom is 0.258 e. The number of methoxy groups -OCH3 is 2. The summed E-state index contributed by atoms with van der Waals surface area (Å²) in [6.07, 6.45) is 1.66. The average molecular weight is 375 g/mol. The van der Waals surface area contributed by atoms with Gasteiger partial charge in [-0.2, -0.15) is 0 Å². The van der Waals surface area contributed by atoms with Crippen molar-refractivity contribution in [1.29, 1.82) is 0 Å². The molecule has 1 N–H and O–H groups in total. The van der Waals surface area contributed by atoms with Gasteiger partial charge in [0.25, 0.3) is 5.91 Å². The number of pyridine rings is 1. The molecule has 0 atom stereocenters. The number of halogens is 1. The van der Waals surface area contributed by atoms with Gasteiger partial charge < -0.3 is 14.8 Å². The molecule has 0 aliphatic rings. The van der Waals surface area contributed by atoms with Crippen LogP contribution < -0.4 is 14.8 Å². The number of aromatic nitrogens is 1. The zero-order chi connectivity index (χ0) is 17.8. The highest BCUT2D eigenvalue weighted by molar-refractivity contribution is 7.13.